The summed E-state index contributed by atoms with van der Waals surface area (Å²) < 4.78 is 0. The molecule has 0 radical (unpaired) electrons. The minimum Gasteiger partial charge on any atom is -0.379 e. The van der Waals surface area contributed by atoms with Crippen LogP contribution in [0.1, 0.15) is 11.3 Å². The van der Waals surface area contributed by atoms with Crippen molar-refractivity contribution in [2.75, 3.05) is 5.32 Å². The first-order valence-electron chi connectivity index (χ1n) is 4.89. The Balaban J connectivity index is 2.03. The Bertz CT molecular complexity index is 502. The lowest BCUT2D eigenvalue weighted by Gasteiger charge is -2.04. The molecule has 0 fully saturated rings. The number of rotatable bonds is 3. The van der Waals surface area contributed by atoms with Gasteiger partial charge in [-0.2, -0.15) is 15.5 Å². The van der Waals surface area contributed by atoms with E-state index in [0.717, 1.165) is 11.4 Å². The lowest BCUT2D eigenvalue weighted by molar-refractivity contribution is 0.925. The topological polar surface area (TPSA) is 61.6 Å². The van der Waals surface area contributed by atoms with Crippen molar-refractivity contribution in [2.45, 2.75) is 6.54 Å². The molecule has 16 heavy (non-hydrogen) atoms. The van der Waals surface area contributed by atoms with E-state index in [0.29, 0.717) is 12.1 Å². The molecule has 0 spiro atoms. The lowest BCUT2D eigenvalue weighted by Crippen LogP contribution is -2.02. The highest BCUT2D eigenvalue weighted by molar-refractivity contribution is 5.49. The Morgan fingerprint density at radius 2 is 2.19 bits per heavy atom. The van der Waals surface area contributed by atoms with Gasteiger partial charge in [0.05, 0.1) is 23.9 Å². The van der Waals surface area contributed by atoms with Crippen LogP contribution in [0.3, 0.4) is 0 Å². The maximum Gasteiger partial charge on any atom is 0.0992 e. The molecule has 0 aliphatic carbocycles. The molecule has 0 bridgehead atoms. The summed E-state index contributed by atoms with van der Waals surface area (Å²) in [6.45, 7) is 0.600. The standard InChI is InChI=1S/C12H10N4/c13-8-10-3-1-4-11(7-10)14-9-12-5-2-6-15-16-12/h1-7,14H,9H2. The number of hydrogen-bond acceptors (Lipinski definition) is 4. The predicted molar refractivity (Wildman–Crippen MR) is 60.5 cm³/mol. The zero-order valence-electron chi connectivity index (χ0n) is 8.59. The van der Waals surface area contributed by atoms with Crippen LogP contribution < -0.4 is 5.32 Å². The highest BCUT2D eigenvalue weighted by Gasteiger charge is 1.96. The number of aromatic nitrogens is 2. The highest BCUT2D eigenvalue weighted by atomic mass is 15.1. The molecule has 1 aromatic carbocycles. The van der Waals surface area contributed by atoms with Crippen LogP contribution in [0.4, 0.5) is 5.69 Å². The van der Waals surface area contributed by atoms with E-state index in [2.05, 4.69) is 21.6 Å². The molecule has 0 aliphatic rings. The van der Waals surface area contributed by atoms with Crippen LogP contribution in [0.5, 0.6) is 0 Å². The molecule has 1 heterocycles. The molecule has 0 unspecified atom stereocenters. The molecule has 4 nitrogen and oxygen atoms in total. The molecular formula is C12H10N4. The van der Waals surface area contributed by atoms with E-state index in [9.17, 15) is 0 Å². The second kappa shape index (κ2) is 4.89. The van der Waals surface area contributed by atoms with Gasteiger partial charge >= 0.3 is 0 Å². The van der Waals surface area contributed by atoms with E-state index in [-0.39, 0.29) is 0 Å². The minimum absolute atomic E-state index is 0.600. The third-order valence-corrected chi connectivity index (χ3v) is 2.09. The highest BCUT2D eigenvalue weighted by Crippen LogP contribution is 2.10. The van der Waals surface area contributed by atoms with Crippen molar-refractivity contribution >= 4 is 5.69 Å². The Morgan fingerprint density at radius 1 is 1.25 bits per heavy atom. The number of benzene rings is 1. The summed E-state index contributed by atoms with van der Waals surface area (Å²) in [5.41, 5.74) is 2.42. The van der Waals surface area contributed by atoms with E-state index in [1.807, 2.05) is 24.3 Å². The van der Waals surface area contributed by atoms with Gasteiger partial charge in [-0.25, -0.2) is 0 Å². The Kier molecular flexibility index (Phi) is 3.10. The van der Waals surface area contributed by atoms with E-state index >= 15 is 0 Å². The third kappa shape index (κ3) is 2.55. The molecule has 4 heteroatoms. The van der Waals surface area contributed by atoms with Crippen LogP contribution in [0, 0.1) is 11.3 Å². The molecule has 1 N–H and O–H groups in total. The van der Waals surface area contributed by atoms with Gasteiger partial charge in [-0.15, -0.1) is 0 Å². The first-order valence-corrected chi connectivity index (χ1v) is 4.89. The third-order valence-electron chi connectivity index (χ3n) is 2.09. The van der Waals surface area contributed by atoms with Crippen molar-refractivity contribution in [3.05, 3.63) is 53.9 Å². The van der Waals surface area contributed by atoms with Gasteiger partial charge in [0.2, 0.25) is 0 Å². The summed E-state index contributed by atoms with van der Waals surface area (Å²) in [5, 5.41) is 19.7. The van der Waals surface area contributed by atoms with Crippen LogP contribution in [0.2, 0.25) is 0 Å². The lowest BCUT2D eigenvalue weighted by atomic mass is 10.2. The smallest absolute Gasteiger partial charge is 0.0992 e. The fourth-order valence-corrected chi connectivity index (χ4v) is 1.32. The summed E-state index contributed by atoms with van der Waals surface area (Å²) in [5.74, 6) is 0. The van der Waals surface area contributed by atoms with Gasteiger partial charge in [0.15, 0.2) is 0 Å². The van der Waals surface area contributed by atoms with Gasteiger partial charge in [-0.05, 0) is 30.3 Å². The Labute approximate surface area is 93.6 Å². The molecule has 0 amide bonds. The summed E-state index contributed by atoms with van der Waals surface area (Å²) >= 11 is 0. The summed E-state index contributed by atoms with van der Waals surface area (Å²) in [4.78, 5) is 0. The second-order valence-corrected chi connectivity index (χ2v) is 3.26. The number of nitriles is 1. The Morgan fingerprint density at radius 3 is 2.94 bits per heavy atom. The van der Waals surface area contributed by atoms with E-state index in [1.54, 1.807) is 18.3 Å². The Hall–Kier alpha value is -2.41. The van der Waals surface area contributed by atoms with Crippen molar-refractivity contribution in [1.29, 1.82) is 5.26 Å². The fourth-order valence-electron chi connectivity index (χ4n) is 1.32. The molecule has 2 rings (SSSR count). The van der Waals surface area contributed by atoms with Crippen molar-refractivity contribution in [3.63, 3.8) is 0 Å². The maximum atomic E-state index is 8.75. The van der Waals surface area contributed by atoms with Gasteiger partial charge in [-0.1, -0.05) is 6.07 Å². The fraction of sp³-hybridized carbons (Fsp3) is 0.0833. The summed E-state index contributed by atoms with van der Waals surface area (Å²) in [7, 11) is 0. The minimum atomic E-state index is 0.600. The first-order chi connectivity index (χ1) is 7.88. The van der Waals surface area contributed by atoms with E-state index in [1.165, 1.54) is 0 Å². The summed E-state index contributed by atoms with van der Waals surface area (Å²) in [6.07, 6.45) is 1.64. The number of nitrogens with zero attached hydrogens (tertiary/aromatic N) is 3. The van der Waals surface area contributed by atoms with Crippen LogP contribution in [0.15, 0.2) is 42.6 Å². The average Bonchev–Trinajstić information content (AvgIpc) is 2.38. The largest absolute Gasteiger partial charge is 0.379 e. The van der Waals surface area contributed by atoms with Crippen LogP contribution >= 0.6 is 0 Å². The number of hydrogen-bond donors (Lipinski definition) is 1. The normalized spacial score (nSPS) is 9.44. The van der Waals surface area contributed by atoms with Crippen LogP contribution in [-0.4, -0.2) is 10.2 Å². The van der Waals surface area contributed by atoms with Gasteiger partial charge in [0, 0.05) is 11.9 Å². The summed E-state index contributed by atoms with van der Waals surface area (Å²) in [6, 6.07) is 13.2. The monoisotopic (exact) mass is 210 g/mol. The molecule has 0 saturated carbocycles. The van der Waals surface area contributed by atoms with Crippen molar-refractivity contribution in [1.82, 2.24) is 10.2 Å². The average molecular weight is 210 g/mol. The van der Waals surface area contributed by atoms with Gasteiger partial charge in [0.1, 0.15) is 0 Å². The van der Waals surface area contributed by atoms with Crippen molar-refractivity contribution < 1.29 is 0 Å². The zero-order valence-corrected chi connectivity index (χ0v) is 8.59. The molecule has 0 saturated heterocycles. The quantitative estimate of drug-likeness (QED) is 0.841. The van der Waals surface area contributed by atoms with E-state index < -0.39 is 0 Å². The van der Waals surface area contributed by atoms with Crippen molar-refractivity contribution in [3.8, 4) is 6.07 Å². The maximum absolute atomic E-state index is 8.75. The van der Waals surface area contributed by atoms with E-state index in [4.69, 9.17) is 5.26 Å². The molecule has 1 aromatic heterocycles. The molecule has 0 aliphatic heterocycles. The van der Waals surface area contributed by atoms with Gasteiger partial charge in [0.25, 0.3) is 0 Å². The molecule has 2 aromatic rings. The van der Waals surface area contributed by atoms with Gasteiger partial charge in [-0.3, -0.25) is 0 Å². The zero-order chi connectivity index (χ0) is 11.2. The van der Waals surface area contributed by atoms with Crippen LogP contribution in [0.25, 0.3) is 0 Å². The predicted octanol–water partition coefficient (Wildman–Crippen LogP) is 1.96. The van der Waals surface area contributed by atoms with Crippen LogP contribution in [-0.2, 0) is 6.54 Å². The number of nitrogens with one attached hydrogen (secondary N) is 1. The van der Waals surface area contributed by atoms with Crippen molar-refractivity contribution in [2.24, 2.45) is 0 Å². The molecule has 0 atom stereocenters. The SMILES string of the molecule is N#Cc1cccc(NCc2cccnn2)c1. The first kappa shape index (κ1) is 10.1. The van der Waals surface area contributed by atoms with Gasteiger partial charge < -0.3 is 5.32 Å². The number of anilines is 1. The molecular weight excluding hydrogens is 200 g/mol. The second-order valence-electron chi connectivity index (χ2n) is 3.26. The molecule has 78 valence electrons.